The van der Waals surface area contributed by atoms with E-state index in [1.165, 1.54) is 0 Å². The first-order valence-corrected chi connectivity index (χ1v) is 7.55. The molecular weight excluding hydrogens is 256 g/mol. The molecule has 3 nitrogen and oxygen atoms in total. The van der Waals surface area contributed by atoms with Crippen molar-refractivity contribution in [3.63, 3.8) is 0 Å². The van der Waals surface area contributed by atoms with Gasteiger partial charge in [0, 0.05) is 12.3 Å². The monoisotopic (exact) mass is 272 g/mol. The van der Waals surface area contributed by atoms with Crippen LogP contribution in [0.15, 0.2) is 41.0 Å². The summed E-state index contributed by atoms with van der Waals surface area (Å²) in [4.78, 5) is 18.8. The zero-order valence-electron chi connectivity index (χ0n) is 10.9. The topological polar surface area (TPSA) is 32.7 Å². The first-order chi connectivity index (χ1) is 9.27. The number of amides is 1. The molecule has 0 atom stereocenters. The molecule has 0 spiro atoms. The Morgan fingerprint density at radius 1 is 1.26 bits per heavy atom. The number of fused-ring (bicyclic) bond motifs is 1. The zero-order valence-corrected chi connectivity index (χ0v) is 11.7. The first-order valence-electron chi connectivity index (χ1n) is 6.57. The molecule has 0 aromatic heterocycles. The fourth-order valence-electron chi connectivity index (χ4n) is 2.33. The fourth-order valence-corrected chi connectivity index (χ4v) is 3.35. The molecule has 1 saturated heterocycles. The van der Waals surface area contributed by atoms with Gasteiger partial charge in [0.15, 0.2) is 5.17 Å². The van der Waals surface area contributed by atoms with Gasteiger partial charge >= 0.3 is 0 Å². The Balaban J connectivity index is 2.00. The van der Waals surface area contributed by atoms with Crippen LogP contribution in [-0.4, -0.2) is 28.3 Å². The molecule has 0 saturated carbocycles. The molecule has 2 aliphatic heterocycles. The van der Waals surface area contributed by atoms with Gasteiger partial charge in [-0.15, -0.1) is 0 Å². The normalized spacial score (nSPS) is 21.8. The summed E-state index contributed by atoms with van der Waals surface area (Å²) >= 11 is 1.70. The number of benzene rings is 1. The highest BCUT2D eigenvalue weighted by Crippen LogP contribution is 2.30. The van der Waals surface area contributed by atoms with Crippen molar-refractivity contribution in [1.29, 1.82) is 0 Å². The van der Waals surface area contributed by atoms with Crippen LogP contribution >= 0.6 is 11.8 Å². The van der Waals surface area contributed by atoms with Gasteiger partial charge in [-0.05, 0) is 30.9 Å². The maximum atomic E-state index is 12.4. The summed E-state index contributed by atoms with van der Waals surface area (Å²) in [6.07, 6.45) is 2.22. The van der Waals surface area contributed by atoms with Crippen molar-refractivity contribution >= 4 is 28.4 Å². The van der Waals surface area contributed by atoms with Crippen LogP contribution in [0.2, 0.25) is 0 Å². The second-order valence-corrected chi connectivity index (χ2v) is 5.81. The lowest BCUT2D eigenvalue weighted by molar-refractivity contribution is -0.122. The standard InChI is InChI=1S/C15H16N2OS/c1-11(12-7-3-2-4-8-12)13-14(18)17-9-5-6-10-19-15(17)16-13/h2-4,7-8H,5-6,9-10H2,1H3/b13-11-. The van der Waals surface area contributed by atoms with Crippen molar-refractivity contribution in [2.24, 2.45) is 4.99 Å². The molecular formula is C15H16N2OS. The molecule has 0 radical (unpaired) electrons. The predicted molar refractivity (Wildman–Crippen MR) is 79.9 cm³/mol. The minimum absolute atomic E-state index is 0.0609. The Hall–Kier alpha value is -1.55. The predicted octanol–water partition coefficient (Wildman–Crippen LogP) is 3.14. The zero-order chi connectivity index (χ0) is 13.2. The van der Waals surface area contributed by atoms with Gasteiger partial charge in [-0.2, -0.15) is 0 Å². The largest absolute Gasteiger partial charge is 0.286 e. The summed E-state index contributed by atoms with van der Waals surface area (Å²) in [6, 6.07) is 9.99. The van der Waals surface area contributed by atoms with Crippen molar-refractivity contribution in [2.75, 3.05) is 12.3 Å². The summed E-state index contributed by atoms with van der Waals surface area (Å²) in [5, 5.41) is 0.882. The molecule has 4 heteroatoms. The highest BCUT2D eigenvalue weighted by atomic mass is 32.2. The van der Waals surface area contributed by atoms with Crippen LogP contribution in [0.4, 0.5) is 0 Å². The second kappa shape index (κ2) is 5.21. The molecule has 1 aromatic rings. The molecule has 98 valence electrons. The number of aliphatic imine (C=N–C) groups is 1. The SMILES string of the molecule is C/C(=C1/N=C2SCCCCN2C1=O)c1ccccc1. The molecule has 2 aliphatic rings. The molecule has 0 aliphatic carbocycles. The van der Waals surface area contributed by atoms with Gasteiger partial charge in [0.25, 0.3) is 5.91 Å². The van der Waals surface area contributed by atoms with E-state index in [1.807, 2.05) is 42.2 Å². The molecule has 3 rings (SSSR count). The molecule has 2 heterocycles. The Morgan fingerprint density at radius 2 is 2.05 bits per heavy atom. The number of amidine groups is 1. The minimum atomic E-state index is 0.0609. The molecule has 1 aromatic carbocycles. The van der Waals surface area contributed by atoms with E-state index in [0.29, 0.717) is 5.70 Å². The van der Waals surface area contributed by atoms with E-state index in [-0.39, 0.29) is 5.91 Å². The van der Waals surface area contributed by atoms with Gasteiger partial charge in [-0.1, -0.05) is 42.1 Å². The lowest BCUT2D eigenvalue weighted by Gasteiger charge is -2.13. The van der Waals surface area contributed by atoms with E-state index >= 15 is 0 Å². The van der Waals surface area contributed by atoms with Gasteiger partial charge in [-0.3, -0.25) is 9.69 Å². The van der Waals surface area contributed by atoms with Crippen molar-refractivity contribution in [2.45, 2.75) is 19.8 Å². The average Bonchev–Trinajstić information content (AvgIpc) is 2.64. The average molecular weight is 272 g/mol. The second-order valence-electron chi connectivity index (χ2n) is 4.75. The summed E-state index contributed by atoms with van der Waals surface area (Å²) in [7, 11) is 0. The van der Waals surface area contributed by atoms with Crippen LogP contribution in [0.5, 0.6) is 0 Å². The molecule has 1 amide bonds. The Morgan fingerprint density at radius 3 is 2.84 bits per heavy atom. The van der Waals surface area contributed by atoms with Gasteiger partial charge in [0.05, 0.1) is 0 Å². The number of carbonyl (C=O) groups is 1. The van der Waals surface area contributed by atoms with Crippen LogP contribution in [-0.2, 0) is 4.79 Å². The van der Waals surface area contributed by atoms with Crippen molar-refractivity contribution < 1.29 is 4.79 Å². The summed E-state index contributed by atoms with van der Waals surface area (Å²) in [6.45, 7) is 2.78. The Kier molecular flexibility index (Phi) is 3.42. The molecule has 0 N–H and O–H groups in total. The maximum Gasteiger partial charge on any atom is 0.278 e. The van der Waals surface area contributed by atoms with Gasteiger partial charge in [-0.25, -0.2) is 4.99 Å². The van der Waals surface area contributed by atoms with E-state index in [2.05, 4.69) is 4.99 Å². The lowest BCUT2D eigenvalue weighted by Crippen LogP contribution is -2.30. The molecule has 0 bridgehead atoms. The van der Waals surface area contributed by atoms with Crippen LogP contribution in [0, 0.1) is 0 Å². The molecule has 19 heavy (non-hydrogen) atoms. The smallest absolute Gasteiger partial charge is 0.278 e. The number of nitrogens with zero attached hydrogens (tertiary/aromatic N) is 2. The highest BCUT2D eigenvalue weighted by molar-refractivity contribution is 8.13. The molecule has 1 fully saturated rings. The van der Waals surface area contributed by atoms with Gasteiger partial charge < -0.3 is 0 Å². The number of rotatable bonds is 1. The fraction of sp³-hybridized carbons (Fsp3) is 0.333. The molecule has 0 unspecified atom stereocenters. The van der Waals surface area contributed by atoms with Crippen LogP contribution in [0.25, 0.3) is 5.57 Å². The lowest BCUT2D eigenvalue weighted by atomic mass is 10.1. The minimum Gasteiger partial charge on any atom is -0.286 e. The third-order valence-corrected chi connectivity index (χ3v) is 4.52. The number of thioether (sulfide) groups is 1. The number of hydrogen-bond donors (Lipinski definition) is 0. The Bertz CT molecular complexity index is 563. The highest BCUT2D eigenvalue weighted by Gasteiger charge is 2.32. The van der Waals surface area contributed by atoms with Gasteiger partial charge in [0.1, 0.15) is 5.70 Å². The van der Waals surface area contributed by atoms with Crippen molar-refractivity contribution in [1.82, 2.24) is 4.90 Å². The summed E-state index contributed by atoms with van der Waals surface area (Å²) < 4.78 is 0. The number of allylic oxidation sites excluding steroid dienone is 1. The van der Waals surface area contributed by atoms with E-state index < -0.39 is 0 Å². The quantitative estimate of drug-likeness (QED) is 0.736. The summed E-state index contributed by atoms with van der Waals surface area (Å²) in [5.74, 6) is 1.12. The van der Waals surface area contributed by atoms with Crippen LogP contribution in [0.3, 0.4) is 0 Å². The van der Waals surface area contributed by atoms with Crippen LogP contribution in [0.1, 0.15) is 25.3 Å². The van der Waals surface area contributed by atoms with Crippen LogP contribution < -0.4 is 0 Å². The maximum absolute atomic E-state index is 12.4. The van der Waals surface area contributed by atoms with Crippen molar-refractivity contribution in [3.8, 4) is 0 Å². The third-order valence-electron chi connectivity index (χ3n) is 3.46. The first kappa shape index (κ1) is 12.5. The van der Waals surface area contributed by atoms with E-state index in [1.54, 1.807) is 11.8 Å². The number of hydrogen-bond acceptors (Lipinski definition) is 3. The van der Waals surface area contributed by atoms with E-state index in [0.717, 1.165) is 41.4 Å². The Labute approximate surface area is 117 Å². The number of carbonyl (C=O) groups excluding carboxylic acids is 1. The third kappa shape index (κ3) is 2.32. The van der Waals surface area contributed by atoms with E-state index in [4.69, 9.17) is 0 Å². The summed E-state index contributed by atoms with van der Waals surface area (Å²) in [5.41, 5.74) is 2.64. The van der Waals surface area contributed by atoms with Gasteiger partial charge in [0.2, 0.25) is 0 Å². The van der Waals surface area contributed by atoms with E-state index in [9.17, 15) is 4.79 Å². The van der Waals surface area contributed by atoms with Crippen molar-refractivity contribution in [3.05, 3.63) is 41.6 Å².